The molecule has 0 aliphatic heterocycles. The average Bonchev–Trinajstić information content (AvgIpc) is 1.86. The van der Waals surface area contributed by atoms with Crippen LogP contribution in [0.4, 0.5) is 0 Å². The van der Waals surface area contributed by atoms with Crippen molar-refractivity contribution >= 4 is 12.6 Å². The molecule has 1 aromatic rings. The van der Waals surface area contributed by atoms with Gasteiger partial charge in [-0.05, 0) is 5.16 Å². The first-order valence-corrected chi connectivity index (χ1v) is 1.97. The Kier molecular flexibility index (Phi) is 4.61. The van der Waals surface area contributed by atoms with Crippen LogP contribution in [-0.4, -0.2) is 9.97 Å². The van der Waals surface area contributed by atoms with Crippen molar-refractivity contribution in [2.45, 2.75) is 5.16 Å². The monoisotopic (exact) mass is 138 g/mol. The molecule has 0 atom stereocenters. The molecule has 32 valence electrons. The molecule has 0 radical (unpaired) electrons. The van der Waals surface area contributed by atoms with E-state index in [9.17, 15) is 0 Å². The summed E-state index contributed by atoms with van der Waals surface area (Å²) in [5.74, 6) is 0. The fourth-order valence-electron chi connectivity index (χ4n) is 0.251. The predicted octanol–water partition coefficient (Wildman–Crippen LogP) is -2.68. The summed E-state index contributed by atoms with van der Waals surface area (Å²) in [5, 5.41) is 0.551. The van der Waals surface area contributed by atoms with Crippen LogP contribution in [0.2, 0.25) is 0 Å². The second-order valence-corrected chi connectivity index (χ2v) is 1.28. The van der Waals surface area contributed by atoms with E-state index < -0.39 is 0 Å². The zero-order valence-electron chi connectivity index (χ0n) is 4.01. The van der Waals surface area contributed by atoms with E-state index in [0.717, 1.165) is 0 Å². The molecule has 0 spiro atoms. The Bertz CT molecular complexity index is 116. The molecule has 0 aliphatic carbocycles. The third-order valence-electron chi connectivity index (χ3n) is 0.473. The number of hydrogen-bond donors (Lipinski definition) is 1. The Labute approximate surface area is 89.9 Å². The van der Waals surface area contributed by atoms with E-state index >= 15 is 0 Å². The van der Waals surface area contributed by atoms with Gasteiger partial charge in [0.15, 0.2) is 0 Å². The summed E-state index contributed by atoms with van der Waals surface area (Å²) in [6.07, 6.45) is 3.32. The summed E-state index contributed by atoms with van der Waals surface area (Å²) in [5.41, 5.74) is 0. The maximum absolute atomic E-state index is 4.58. The maximum Gasteiger partial charge on any atom is 1.00 e. The van der Waals surface area contributed by atoms with Crippen LogP contribution in [-0.2, 0) is 12.6 Å². The van der Waals surface area contributed by atoms with E-state index in [-0.39, 0.29) is 51.4 Å². The van der Waals surface area contributed by atoms with Crippen LogP contribution in [0.5, 0.6) is 0 Å². The van der Waals surface area contributed by atoms with Gasteiger partial charge < -0.3 is 17.6 Å². The Hall–Kier alpha value is 1.07. The third kappa shape index (κ3) is 2.79. The van der Waals surface area contributed by atoms with Crippen molar-refractivity contribution in [3.8, 4) is 0 Å². The number of aromatic nitrogens is 2. The van der Waals surface area contributed by atoms with E-state index in [0.29, 0.717) is 5.16 Å². The van der Waals surface area contributed by atoms with Gasteiger partial charge >= 0.3 is 51.4 Å². The number of H-pyrrole nitrogens is 1. The van der Waals surface area contributed by atoms with Crippen LogP contribution in [0, 0.1) is 0 Å². The van der Waals surface area contributed by atoms with Gasteiger partial charge in [0.1, 0.15) is 0 Å². The van der Waals surface area contributed by atoms with E-state index in [1.807, 2.05) is 0 Å². The molecule has 0 saturated heterocycles. The molecular weight excluding hydrogens is 135 g/mol. The molecule has 0 amide bonds. The Balaban J connectivity index is 0.000000360. The van der Waals surface area contributed by atoms with Crippen molar-refractivity contribution in [3.63, 3.8) is 0 Å². The van der Waals surface area contributed by atoms with Crippen LogP contribution in [0.1, 0.15) is 0 Å². The fraction of sp³-hybridized carbons (Fsp3) is 0. The number of rotatable bonds is 0. The molecule has 1 aromatic heterocycles. The van der Waals surface area contributed by atoms with Gasteiger partial charge in [0.2, 0.25) is 0 Å². The largest absolute Gasteiger partial charge is 1.00 e. The molecule has 0 saturated carbocycles. The normalized spacial score (nSPS) is 7.43. The second kappa shape index (κ2) is 4.00. The molecule has 1 rings (SSSR count). The van der Waals surface area contributed by atoms with Crippen LogP contribution < -0.4 is 51.4 Å². The quantitative estimate of drug-likeness (QED) is 0.313. The summed E-state index contributed by atoms with van der Waals surface area (Å²) in [7, 11) is 0. The van der Waals surface area contributed by atoms with E-state index in [2.05, 4.69) is 22.6 Å². The topological polar surface area (TPSA) is 28.7 Å². The van der Waals surface area contributed by atoms with Crippen molar-refractivity contribution in [3.05, 3.63) is 12.4 Å². The first kappa shape index (κ1) is 8.07. The molecule has 1 N–H and O–H groups in total. The molecule has 0 bridgehead atoms. The average molecular weight is 138 g/mol. The molecule has 0 aromatic carbocycles. The fourth-order valence-corrected chi connectivity index (χ4v) is 0.380. The summed E-state index contributed by atoms with van der Waals surface area (Å²) < 4.78 is 0. The smallest absolute Gasteiger partial charge is 0.742 e. The van der Waals surface area contributed by atoms with Gasteiger partial charge in [-0.1, -0.05) is 0 Å². The summed E-state index contributed by atoms with van der Waals surface area (Å²) >= 11 is 4.58. The van der Waals surface area contributed by atoms with Crippen molar-refractivity contribution in [2.75, 3.05) is 0 Å². The van der Waals surface area contributed by atoms with Gasteiger partial charge in [-0.15, -0.1) is 0 Å². The molecular formula is C3H3KN2S. The first-order valence-electron chi connectivity index (χ1n) is 1.56. The molecule has 0 unspecified atom stereocenters. The zero-order chi connectivity index (χ0) is 4.41. The van der Waals surface area contributed by atoms with E-state index in [1.54, 1.807) is 12.4 Å². The van der Waals surface area contributed by atoms with Crippen molar-refractivity contribution < 1.29 is 51.4 Å². The molecule has 2 nitrogen and oxygen atoms in total. The second-order valence-electron chi connectivity index (χ2n) is 0.894. The Morgan fingerprint density at radius 1 is 1.71 bits per heavy atom. The first-order chi connectivity index (χ1) is 2.89. The van der Waals surface area contributed by atoms with E-state index in [1.165, 1.54) is 0 Å². The number of nitrogens with zero attached hydrogens (tertiary/aromatic N) is 1. The van der Waals surface area contributed by atoms with Gasteiger partial charge in [-0.2, -0.15) is 0 Å². The van der Waals surface area contributed by atoms with Crippen molar-refractivity contribution in [1.82, 2.24) is 9.97 Å². The maximum atomic E-state index is 4.58. The van der Waals surface area contributed by atoms with Crippen molar-refractivity contribution in [1.29, 1.82) is 0 Å². The van der Waals surface area contributed by atoms with Gasteiger partial charge in [-0.3, -0.25) is 4.98 Å². The minimum Gasteiger partial charge on any atom is -0.742 e. The molecule has 4 heteroatoms. The van der Waals surface area contributed by atoms with Crippen LogP contribution in [0.25, 0.3) is 0 Å². The molecule has 1 heterocycles. The van der Waals surface area contributed by atoms with Gasteiger partial charge in [0.25, 0.3) is 0 Å². The van der Waals surface area contributed by atoms with Gasteiger partial charge in [-0.25, -0.2) is 0 Å². The number of aromatic amines is 1. The number of hydrogen-bond acceptors (Lipinski definition) is 2. The van der Waals surface area contributed by atoms with Crippen LogP contribution in [0.3, 0.4) is 0 Å². The SMILES string of the molecule is [K+].[S-]c1ncc[nH]1. The van der Waals surface area contributed by atoms with Gasteiger partial charge in [0.05, 0.1) is 0 Å². The molecule has 0 fully saturated rings. The summed E-state index contributed by atoms with van der Waals surface area (Å²) in [6, 6.07) is 0. The van der Waals surface area contributed by atoms with E-state index in [4.69, 9.17) is 0 Å². The third-order valence-corrected chi connectivity index (χ3v) is 0.696. The standard InChI is InChI=1S/C3H4N2S.K/c6-3-4-1-2-5-3;/h1-2H,(H2,4,5,6);/q;+1/p-1. The zero-order valence-corrected chi connectivity index (χ0v) is 7.95. The minimum absolute atomic E-state index is 0. The minimum atomic E-state index is 0. The van der Waals surface area contributed by atoms with Crippen molar-refractivity contribution in [2.24, 2.45) is 0 Å². The van der Waals surface area contributed by atoms with Crippen LogP contribution in [0.15, 0.2) is 17.6 Å². The summed E-state index contributed by atoms with van der Waals surface area (Å²) in [4.78, 5) is 6.38. The number of imidazole rings is 1. The molecule has 0 aliphatic rings. The Morgan fingerprint density at radius 2 is 2.43 bits per heavy atom. The number of nitrogens with one attached hydrogen (secondary N) is 1. The summed E-state index contributed by atoms with van der Waals surface area (Å²) in [6.45, 7) is 0. The predicted molar refractivity (Wildman–Crippen MR) is 24.2 cm³/mol. The van der Waals surface area contributed by atoms with Gasteiger partial charge in [0, 0.05) is 12.4 Å². The Morgan fingerprint density at radius 3 is 2.57 bits per heavy atom. The molecule has 7 heavy (non-hydrogen) atoms. The van der Waals surface area contributed by atoms with Crippen LogP contribution >= 0.6 is 0 Å².